The van der Waals surface area contributed by atoms with Gasteiger partial charge in [-0.15, -0.1) is 21.9 Å². The largest absolute Gasteiger partial charge is 0.495 e. The number of allylic oxidation sites excluding steroid dienone is 1. The molecule has 1 amide bonds. The van der Waals surface area contributed by atoms with Gasteiger partial charge in [-0.3, -0.25) is 4.79 Å². The summed E-state index contributed by atoms with van der Waals surface area (Å²) in [6, 6.07) is 15.0. The maximum atomic E-state index is 12.4. The zero-order valence-electron chi connectivity index (χ0n) is 16.9. The first-order valence-corrected chi connectivity index (χ1v) is 10.5. The van der Waals surface area contributed by atoms with Crippen molar-refractivity contribution in [2.45, 2.75) is 18.2 Å². The second-order valence-electron chi connectivity index (χ2n) is 6.57. The van der Waals surface area contributed by atoms with Crippen LogP contribution < -0.4 is 10.1 Å². The van der Waals surface area contributed by atoms with Crippen molar-refractivity contribution in [3.8, 4) is 5.75 Å². The van der Waals surface area contributed by atoms with E-state index in [9.17, 15) is 4.79 Å². The first-order valence-electron chi connectivity index (χ1n) is 9.56. The van der Waals surface area contributed by atoms with Gasteiger partial charge in [0.1, 0.15) is 17.8 Å². The summed E-state index contributed by atoms with van der Waals surface area (Å²) in [5.74, 6) is 1.34. The summed E-state index contributed by atoms with van der Waals surface area (Å²) in [5.41, 5.74) is 2.36. The van der Waals surface area contributed by atoms with E-state index in [4.69, 9.17) is 4.74 Å². The highest BCUT2D eigenvalue weighted by Crippen LogP contribution is 2.24. The summed E-state index contributed by atoms with van der Waals surface area (Å²) in [4.78, 5) is 12.4. The molecule has 0 unspecified atom stereocenters. The summed E-state index contributed by atoms with van der Waals surface area (Å²) in [5, 5.41) is 20.5. The van der Waals surface area contributed by atoms with Crippen LogP contribution in [0, 0.1) is 0 Å². The van der Waals surface area contributed by atoms with Crippen LogP contribution in [-0.2, 0) is 17.9 Å². The van der Waals surface area contributed by atoms with Gasteiger partial charge in [0.05, 0.1) is 24.1 Å². The lowest BCUT2D eigenvalue weighted by Gasteiger charge is -2.10. The molecule has 4 rings (SSSR count). The SMILES string of the molecule is C=CCn1c(Cn2nnc3ccccc32)nnc1SCC(=O)Nc1ccccc1OC. The van der Waals surface area contributed by atoms with Gasteiger partial charge < -0.3 is 14.6 Å². The number of anilines is 1. The number of benzene rings is 2. The van der Waals surface area contributed by atoms with Gasteiger partial charge in [-0.2, -0.15) is 0 Å². The summed E-state index contributed by atoms with van der Waals surface area (Å²) in [6.45, 7) is 4.75. The topological polar surface area (TPSA) is 99.8 Å². The molecule has 0 fully saturated rings. The van der Waals surface area contributed by atoms with Gasteiger partial charge in [0.2, 0.25) is 5.91 Å². The van der Waals surface area contributed by atoms with Gasteiger partial charge in [0, 0.05) is 6.54 Å². The van der Waals surface area contributed by atoms with Gasteiger partial charge in [0.15, 0.2) is 11.0 Å². The molecule has 0 radical (unpaired) electrons. The average molecular weight is 436 g/mol. The molecule has 0 atom stereocenters. The van der Waals surface area contributed by atoms with Gasteiger partial charge in [-0.1, -0.05) is 47.3 Å². The normalized spacial score (nSPS) is 10.9. The first-order chi connectivity index (χ1) is 15.2. The van der Waals surface area contributed by atoms with Crippen molar-refractivity contribution >= 4 is 34.4 Å². The standard InChI is InChI=1S/C21H21N7O2S/c1-3-12-27-19(13-28-17-10-6-4-8-15(17)23-26-28)24-25-21(27)31-14-20(29)22-16-9-5-7-11-18(16)30-2/h3-11H,1,12-14H2,2H3,(H,22,29). The average Bonchev–Trinajstić information content (AvgIpc) is 3.37. The monoisotopic (exact) mass is 435 g/mol. The molecule has 2 aromatic carbocycles. The van der Waals surface area contributed by atoms with Gasteiger partial charge in [0.25, 0.3) is 0 Å². The van der Waals surface area contributed by atoms with Crippen LogP contribution in [-0.4, -0.2) is 48.5 Å². The summed E-state index contributed by atoms with van der Waals surface area (Å²) >= 11 is 1.31. The number of thioether (sulfide) groups is 1. The predicted octanol–water partition coefficient (Wildman–Crippen LogP) is 3.00. The third kappa shape index (κ3) is 4.58. The Morgan fingerprint density at radius 2 is 1.97 bits per heavy atom. The Bertz CT molecular complexity index is 1220. The number of hydrogen-bond donors (Lipinski definition) is 1. The number of carbonyl (C=O) groups is 1. The minimum Gasteiger partial charge on any atom is -0.495 e. The quantitative estimate of drug-likeness (QED) is 0.319. The molecule has 2 aromatic heterocycles. The molecule has 0 aliphatic heterocycles. The summed E-state index contributed by atoms with van der Waals surface area (Å²) in [6.07, 6.45) is 1.77. The number of amides is 1. The van der Waals surface area contributed by atoms with Crippen LogP contribution in [0.2, 0.25) is 0 Å². The van der Waals surface area contributed by atoms with Crippen LogP contribution in [0.1, 0.15) is 5.82 Å². The number of para-hydroxylation sites is 3. The highest BCUT2D eigenvalue weighted by Gasteiger charge is 2.16. The minimum atomic E-state index is -0.161. The van der Waals surface area contributed by atoms with Gasteiger partial charge >= 0.3 is 0 Å². The Labute approximate surface area is 183 Å². The second-order valence-corrected chi connectivity index (χ2v) is 7.51. The number of hydrogen-bond acceptors (Lipinski definition) is 7. The molecule has 0 saturated carbocycles. The van der Waals surface area contributed by atoms with E-state index in [1.54, 1.807) is 30.0 Å². The van der Waals surface area contributed by atoms with E-state index in [1.807, 2.05) is 41.0 Å². The number of nitrogens with one attached hydrogen (secondary N) is 1. The van der Waals surface area contributed by atoms with Crippen LogP contribution in [0.4, 0.5) is 5.69 Å². The van der Waals surface area contributed by atoms with Crippen LogP contribution in [0.5, 0.6) is 5.75 Å². The smallest absolute Gasteiger partial charge is 0.234 e. The van der Waals surface area contributed by atoms with E-state index in [-0.39, 0.29) is 11.7 Å². The van der Waals surface area contributed by atoms with Crippen LogP contribution in [0.3, 0.4) is 0 Å². The van der Waals surface area contributed by atoms with Crippen LogP contribution >= 0.6 is 11.8 Å². The van der Waals surface area contributed by atoms with E-state index in [0.29, 0.717) is 35.5 Å². The number of ether oxygens (including phenoxy) is 1. The maximum absolute atomic E-state index is 12.4. The molecule has 0 aliphatic carbocycles. The lowest BCUT2D eigenvalue weighted by molar-refractivity contribution is -0.113. The van der Waals surface area contributed by atoms with Crippen molar-refractivity contribution < 1.29 is 9.53 Å². The van der Waals surface area contributed by atoms with Crippen molar-refractivity contribution in [3.05, 3.63) is 67.0 Å². The Morgan fingerprint density at radius 1 is 1.16 bits per heavy atom. The number of carbonyl (C=O) groups excluding carboxylic acids is 1. The minimum absolute atomic E-state index is 0.161. The van der Waals surface area contributed by atoms with Crippen LogP contribution in [0.25, 0.3) is 11.0 Å². The number of rotatable bonds is 9. The lowest BCUT2D eigenvalue weighted by Crippen LogP contribution is -2.15. The zero-order valence-corrected chi connectivity index (χ0v) is 17.7. The van der Waals surface area contributed by atoms with Crippen molar-refractivity contribution in [1.82, 2.24) is 29.8 Å². The highest BCUT2D eigenvalue weighted by molar-refractivity contribution is 7.99. The van der Waals surface area contributed by atoms with Crippen molar-refractivity contribution in [2.75, 3.05) is 18.2 Å². The fraction of sp³-hybridized carbons (Fsp3) is 0.190. The number of methoxy groups -OCH3 is 1. The molecule has 4 aromatic rings. The molecule has 0 saturated heterocycles. The molecule has 2 heterocycles. The van der Waals surface area contributed by atoms with Gasteiger partial charge in [-0.25, -0.2) is 4.68 Å². The fourth-order valence-electron chi connectivity index (χ4n) is 3.09. The van der Waals surface area contributed by atoms with Gasteiger partial charge in [-0.05, 0) is 24.3 Å². The molecule has 0 bridgehead atoms. The Hall–Kier alpha value is -3.66. The number of fused-ring (bicyclic) bond motifs is 1. The zero-order chi connectivity index (χ0) is 21.6. The predicted molar refractivity (Wildman–Crippen MR) is 119 cm³/mol. The van der Waals surface area contributed by atoms with Crippen molar-refractivity contribution in [2.24, 2.45) is 0 Å². The van der Waals surface area contributed by atoms with E-state index in [2.05, 4.69) is 32.4 Å². The lowest BCUT2D eigenvalue weighted by atomic mass is 10.3. The van der Waals surface area contributed by atoms with Crippen molar-refractivity contribution in [1.29, 1.82) is 0 Å². The second kappa shape index (κ2) is 9.43. The molecule has 0 spiro atoms. The summed E-state index contributed by atoms with van der Waals surface area (Å²) < 4.78 is 8.97. The third-order valence-electron chi connectivity index (χ3n) is 4.53. The maximum Gasteiger partial charge on any atom is 0.234 e. The van der Waals surface area contributed by atoms with E-state index in [0.717, 1.165) is 11.0 Å². The molecule has 9 nitrogen and oxygen atoms in total. The summed E-state index contributed by atoms with van der Waals surface area (Å²) in [7, 11) is 1.57. The molecule has 158 valence electrons. The van der Waals surface area contributed by atoms with Crippen LogP contribution in [0.15, 0.2) is 66.3 Å². The fourth-order valence-corrected chi connectivity index (χ4v) is 3.85. The number of aromatic nitrogens is 6. The van der Waals surface area contributed by atoms with E-state index in [1.165, 1.54) is 11.8 Å². The molecule has 0 aliphatic rings. The Balaban J connectivity index is 1.47. The number of nitrogens with zero attached hydrogens (tertiary/aromatic N) is 6. The first kappa shape index (κ1) is 20.6. The third-order valence-corrected chi connectivity index (χ3v) is 5.50. The Kier molecular flexibility index (Phi) is 6.27. The molecular formula is C21H21N7O2S. The molecule has 1 N–H and O–H groups in total. The molecule has 31 heavy (non-hydrogen) atoms. The highest BCUT2D eigenvalue weighted by atomic mass is 32.2. The van der Waals surface area contributed by atoms with E-state index < -0.39 is 0 Å². The van der Waals surface area contributed by atoms with Crippen molar-refractivity contribution in [3.63, 3.8) is 0 Å². The van der Waals surface area contributed by atoms with E-state index >= 15 is 0 Å². The molecule has 10 heteroatoms. The molecular weight excluding hydrogens is 414 g/mol. The Morgan fingerprint density at radius 3 is 2.81 bits per heavy atom.